The highest BCUT2D eigenvalue weighted by Gasteiger charge is 2.32. The lowest BCUT2D eigenvalue weighted by Crippen LogP contribution is -2.35. The Balaban J connectivity index is 4.63. The Bertz CT molecular complexity index is 253. The van der Waals surface area contributed by atoms with Gasteiger partial charge < -0.3 is 4.74 Å². The second kappa shape index (κ2) is 5.15. The number of carbonyl (C=O) groups excluding carboxylic acids is 1. The van der Waals surface area contributed by atoms with Crippen LogP contribution in [0, 0.1) is 5.41 Å². The van der Waals surface area contributed by atoms with Crippen molar-refractivity contribution >= 4 is 5.97 Å². The van der Waals surface area contributed by atoms with Gasteiger partial charge in [-0.2, -0.15) is 0 Å². The summed E-state index contributed by atoms with van der Waals surface area (Å²) in [6, 6.07) is 0. The summed E-state index contributed by atoms with van der Waals surface area (Å²) in [7, 11) is 0. The Hall–Kier alpha value is -1.05. The van der Waals surface area contributed by atoms with Crippen LogP contribution in [0.4, 0.5) is 0 Å². The lowest BCUT2D eigenvalue weighted by atomic mass is 9.80. The highest BCUT2D eigenvalue weighted by molar-refractivity contribution is 5.81. The second-order valence-electron chi connectivity index (χ2n) is 4.80. The maximum atomic E-state index is 11.2. The van der Waals surface area contributed by atoms with Gasteiger partial charge >= 0.3 is 5.97 Å². The van der Waals surface area contributed by atoms with Gasteiger partial charge in [-0.15, -0.1) is 6.58 Å². The number of rotatable bonds is 6. The van der Waals surface area contributed by atoms with Gasteiger partial charge in [0.25, 0.3) is 0 Å². The molecule has 86 valence electrons. The maximum Gasteiger partial charge on any atom is 0.330 e. The number of carbonyl (C=O) groups is 1. The molecule has 1 atom stereocenters. The van der Waals surface area contributed by atoms with Gasteiger partial charge in [0, 0.05) is 6.08 Å². The van der Waals surface area contributed by atoms with E-state index in [0.717, 1.165) is 12.8 Å². The van der Waals surface area contributed by atoms with E-state index in [9.17, 15) is 4.79 Å². The number of hydrogen-bond donors (Lipinski definition) is 0. The lowest BCUT2D eigenvalue weighted by molar-refractivity contribution is -0.154. The molecule has 1 unspecified atom stereocenters. The first-order valence-corrected chi connectivity index (χ1v) is 5.27. The summed E-state index contributed by atoms with van der Waals surface area (Å²) in [5.74, 6) is -0.362. The summed E-state index contributed by atoms with van der Waals surface area (Å²) < 4.78 is 5.37. The standard InChI is InChI=1S/C13H22O2/c1-7-11(14)15-13(6,9-3)10-12(4,5)8-2/h7-8H,1-2,9-10H2,3-6H3. The average Bonchev–Trinajstić information content (AvgIpc) is 2.17. The van der Waals surface area contributed by atoms with Crippen LogP contribution in [0.15, 0.2) is 25.3 Å². The molecule has 0 aliphatic carbocycles. The molecule has 0 amide bonds. The fourth-order valence-corrected chi connectivity index (χ4v) is 1.55. The van der Waals surface area contributed by atoms with E-state index in [1.54, 1.807) is 0 Å². The maximum absolute atomic E-state index is 11.2. The van der Waals surface area contributed by atoms with E-state index in [1.165, 1.54) is 6.08 Å². The Morgan fingerprint density at radius 3 is 2.20 bits per heavy atom. The Morgan fingerprint density at radius 1 is 1.33 bits per heavy atom. The van der Waals surface area contributed by atoms with Crippen LogP contribution in [0.3, 0.4) is 0 Å². The number of hydrogen-bond acceptors (Lipinski definition) is 2. The molecule has 0 aromatic heterocycles. The third kappa shape index (κ3) is 4.82. The zero-order valence-electron chi connectivity index (χ0n) is 10.3. The van der Waals surface area contributed by atoms with Crippen molar-refractivity contribution in [2.24, 2.45) is 5.41 Å². The van der Waals surface area contributed by atoms with E-state index < -0.39 is 5.60 Å². The van der Waals surface area contributed by atoms with E-state index in [4.69, 9.17) is 4.74 Å². The van der Waals surface area contributed by atoms with Crippen molar-refractivity contribution in [2.45, 2.75) is 46.1 Å². The predicted octanol–water partition coefficient (Wildman–Crippen LogP) is 3.49. The number of ether oxygens (including phenoxy) is 1. The molecule has 2 nitrogen and oxygen atoms in total. The van der Waals surface area contributed by atoms with Crippen molar-refractivity contribution in [3.63, 3.8) is 0 Å². The van der Waals surface area contributed by atoms with Crippen LogP contribution < -0.4 is 0 Å². The Morgan fingerprint density at radius 2 is 1.87 bits per heavy atom. The number of esters is 1. The van der Waals surface area contributed by atoms with Crippen molar-refractivity contribution in [2.75, 3.05) is 0 Å². The van der Waals surface area contributed by atoms with Crippen LogP contribution in [0.1, 0.15) is 40.5 Å². The highest BCUT2D eigenvalue weighted by Crippen LogP contribution is 2.33. The van der Waals surface area contributed by atoms with Gasteiger partial charge in [-0.05, 0) is 25.2 Å². The molecular formula is C13H22O2. The molecule has 0 radical (unpaired) electrons. The molecule has 0 aromatic carbocycles. The topological polar surface area (TPSA) is 26.3 Å². The van der Waals surface area contributed by atoms with Gasteiger partial charge in [0.1, 0.15) is 5.60 Å². The molecule has 0 aromatic rings. The SMILES string of the molecule is C=CC(=O)OC(C)(CC)CC(C)(C)C=C. The summed E-state index contributed by atoms with van der Waals surface area (Å²) in [6.45, 7) is 15.3. The molecule has 0 saturated carbocycles. The smallest absolute Gasteiger partial charge is 0.330 e. The highest BCUT2D eigenvalue weighted by atomic mass is 16.6. The van der Waals surface area contributed by atoms with E-state index in [1.807, 2.05) is 19.9 Å². The van der Waals surface area contributed by atoms with Crippen molar-refractivity contribution < 1.29 is 9.53 Å². The molecule has 0 spiro atoms. The first-order chi connectivity index (χ1) is 6.78. The molecule has 2 heteroatoms. The molecule has 15 heavy (non-hydrogen) atoms. The normalized spacial score (nSPS) is 15.2. The molecule has 0 fully saturated rings. The minimum atomic E-state index is -0.442. The van der Waals surface area contributed by atoms with E-state index in [0.29, 0.717) is 0 Å². The monoisotopic (exact) mass is 210 g/mol. The Labute approximate surface area is 93.0 Å². The van der Waals surface area contributed by atoms with E-state index in [2.05, 4.69) is 27.0 Å². The summed E-state index contributed by atoms with van der Waals surface area (Å²) in [5.41, 5.74) is -0.477. The fourth-order valence-electron chi connectivity index (χ4n) is 1.55. The first kappa shape index (κ1) is 13.9. The summed E-state index contributed by atoms with van der Waals surface area (Å²) in [4.78, 5) is 11.2. The Kier molecular flexibility index (Phi) is 4.79. The molecule has 0 N–H and O–H groups in total. The van der Waals surface area contributed by atoms with Gasteiger partial charge in [-0.3, -0.25) is 0 Å². The van der Waals surface area contributed by atoms with Crippen LogP contribution in [-0.2, 0) is 9.53 Å². The van der Waals surface area contributed by atoms with Crippen LogP contribution in [0.25, 0.3) is 0 Å². The van der Waals surface area contributed by atoms with Gasteiger partial charge in [0.2, 0.25) is 0 Å². The minimum absolute atomic E-state index is 0.0355. The van der Waals surface area contributed by atoms with Crippen LogP contribution in [-0.4, -0.2) is 11.6 Å². The largest absolute Gasteiger partial charge is 0.456 e. The molecule has 0 aliphatic rings. The molecule has 0 rings (SSSR count). The zero-order valence-corrected chi connectivity index (χ0v) is 10.3. The van der Waals surface area contributed by atoms with Gasteiger partial charge in [0.15, 0.2) is 0 Å². The van der Waals surface area contributed by atoms with Crippen molar-refractivity contribution in [1.29, 1.82) is 0 Å². The molecular weight excluding hydrogens is 188 g/mol. The molecule has 0 saturated heterocycles. The minimum Gasteiger partial charge on any atom is -0.456 e. The molecule has 0 heterocycles. The van der Waals surface area contributed by atoms with Crippen LogP contribution in [0.2, 0.25) is 0 Å². The second-order valence-corrected chi connectivity index (χ2v) is 4.80. The molecule has 0 aliphatic heterocycles. The van der Waals surface area contributed by atoms with E-state index >= 15 is 0 Å². The van der Waals surface area contributed by atoms with Crippen LogP contribution >= 0.6 is 0 Å². The fraction of sp³-hybridized carbons (Fsp3) is 0.615. The zero-order chi connectivity index (χ0) is 12.1. The summed E-state index contributed by atoms with van der Waals surface area (Å²) >= 11 is 0. The summed E-state index contributed by atoms with van der Waals surface area (Å²) in [5, 5.41) is 0. The molecule has 0 bridgehead atoms. The predicted molar refractivity (Wildman–Crippen MR) is 63.6 cm³/mol. The first-order valence-electron chi connectivity index (χ1n) is 5.27. The number of allylic oxidation sites excluding steroid dienone is 1. The third-order valence-corrected chi connectivity index (χ3v) is 2.64. The van der Waals surface area contributed by atoms with Crippen molar-refractivity contribution in [1.82, 2.24) is 0 Å². The quantitative estimate of drug-likeness (QED) is 0.381. The van der Waals surface area contributed by atoms with Gasteiger partial charge in [-0.1, -0.05) is 33.4 Å². The van der Waals surface area contributed by atoms with E-state index in [-0.39, 0.29) is 11.4 Å². The lowest BCUT2D eigenvalue weighted by Gasteiger charge is -2.34. The third-order valence-electron chi connectivity index (χ3n) is 2.64. The van der Waals surface area contributed by atoms with Crippen LogP contribution in [0.5, 0.6) is 0 Å². The average molecular weight is 210 g/mol. The van der Waals surface area contributed by atoms with Gasteiger partial charge in [0.05, 0.1) is 0 Å². The van der Waals surface area contributed by atoms with Crippen molar-refractivity contribution in [3.8, 4) is 0 Å². The summed E-state index contributed by atoms with van der Waals surface area (Å²) in [6.07, 6.45) is 4.64. The van der Waals surface area contributed by atoms with Gasteiger partial charge in [-0.25, -0.2) is 4.79 Å². The van der Waals surface area contributed by atoms with Crippen molar-refractivity contribution in [3.05, 3.63) is 25.3 Å².